The van der Waals surface area contributed by atoms with E-state index in [2.05, 4.69) is 20.6 Å². The number of pyridine rings is 1. The summed E-state index contributed by atoms with van der Waals surface area (Å²) in [5.74, 6) is 1.22. The van der Waals surface area contributed by atoms with Gasteiger partial charge in [-0.25, -0.2) is 9.67 Å². The first-order valence-corrected chi connectivity index (χ1v) is 10.4. The van der Waals surface area contributed by atoms with Crippen LogP contribution >= 0.6 is 0 Å². The Balaban J connectivity index is 1.43. The summed E-state index contributed by atoms with van der Waals surface area (Å²) in [5.41, 5.74) is 4.55. The minimum Gasteiger partial charge on any atom is -0.335 e. The molecule has 1 N–H and O–H groups in total. The summed E-state index contributed by atoms with van der Waals surface area (Å²) >= 11 is 0. The van der Waals surface area contributed by atoms with Crippen LogP contribution in [0.3, 0.4) is 0 Å². The molecule has 2 aliphatic carbocycles. The number of anilines is 1. The van der Waals surface area contributed by atoms with Crippen LogP contribution < -0.4 is 5.32 Å². The van der Waals surface area contributed by atoms with Gasteiger partial charge < -0.3 is 9.84 Å². The molecule has 6 rings (SSSR count). The number of nitrogens with one attached hydrogen (secondary N) is 1. The zero-order valence-corrected chi connectivity index (χ0v) is 16.6. The van der Waals surface area contributed by atoms with Gasteiger partial charge in [0.15, 0.2) is 0 Å². The second-order valence-corrected chi connectivity index (χ2v) is 8.26. The number of hydrogen-bond acceptors (Lipinski definition) is 5. The lowest BCUT2D eigenvalue weighted by atomic mass is 10.1. The molecule has 150 valence electrons. The smallest absolute Gasteiger partial charge is 0.259 e. The van der Waals surface area contributed by atoms with Crippen molar-refractivity contribution in [1.29, 1.82) is 0 Å². The monoisotopic (exact) mass is 399 g/mol. The van der Waals surface area contributed by atoms with Crippen LogP contribution in [0.15, 0.2) is 47.0 Å². The first-order chi connectivity index (χ1) is 14.7. The van der Waals surface area contributed by atoms with E-state index in [-0.39, 0.29) is 5.91 Å². The van der Waals surface area contributed by atoms with Gasteiger partial charge in [-0.1, -0.05) is 23.4 Å². The number of aromatic nitrogens is 4. The Morgan fingerprint density at radius 2 is 1.87 bits per heavy atom. The van der Waals surface area contributed by atoms with E-state index in [0.29, 0.717) is 28.9 Å². The van der Waals surface area contributed by atoms with E-state index < -0.39 is 0 Å². The number of hydrogen-bond donors (Lipinski definition) is 1. The molecule has 7 nitrogen and oxygen atoms in total. The molecular weight excluding hydrogens is 378 g/mol. The Morgan fingerprint density at radius 1 is 1.10 bits per heavy atom. The highest BCUT2D eigenvalue weighted by molar-refractivity contribution is 6.12. The fourth-order valence-corrected chi connectivity index (χ4v) is 3.93. The van der Waals surface area contributed by atoms with E-state index in [0.717, 1.165) is 53.8 Å². The first-order valence-electron chi connectivity index (χ1n) is 10.4. The SMILES string of the molecule is Cc1cc(NC(=O)c2cc(C3CC3)nc3onc(C4CC4)c23)n(-c2ccccc2)n1. The van der Waals surface area contributed by atoms with Crippen molar-refractivity contribution in [2.24, 2.45) is 0 Å². The third-order valence-corrected chi connectivity index (χ3v) is 5.77. The molecule has 0 bridgehead atoms. The van der Waals surface area contributed by atoms with Gasteiger partial charge in [0.2, 0.25) is 0 Å². The normalized spacial score (nSPS) is 16.2. The van der Waals surface area contributed by atoms with Gasteiger partial charge in [0, 0.05) is 23.6 Å². The summed E-state index contributed by atoms with van der Waals surface area (Å²) < 4.78 is 7.30. The van der Waals surface area contributed by atoms with E-state index in [1.165, 1.54) is 0 Å². The maximum atomic E-state index is 13.5. The molecule has 2 aliphatic rings. The van der Waals surface area contributed by atoms with Gasteiger partial charge >= 0.3 is 0 Å². The van der Waals surface area contributed by atoms with Crippen LogP contribution in [0.1, 0.15) is 65.0 Å². The molecule has 0 spiro atoms. The van der Waals surface area contributed by atoms with E-state index >= 15 is 0 Å². The highest BCUT2D eigenvalue weighted by atomic mass is 16.5. The number of fused-ring (bicyclic) bond motifs is 1. The quantitative estimate of drug-likeness (QED) is 0.525. The maximum Gasteiger partial charge on any atom is 0.259 e. The molecule has 0 unspecified atom stereocenters. The van der Waals surface area contributed by atoms with Crippen LogP contribution in [0.4, 0.5) is 5.82 Å². The highest BCUT2D eigenvalue weighted by Crippen LogP contribution is 2.45. The van der Waals surface area contributed by atoms with Gasteiger partial charge in [-0.3, -0.25) is 4.79 Å². The number of aryl methyl sites for hydroxylation is 1. The predicted molar refractivity (Wildman–Crippen MR) is 112 cm³/mol. The molecule has 3 heterocycles. The fourth-order valence-electron chi connectivity index (χ4n) is 3.93. The predicted octanol–water partition coefficient (Wildman–Crippen LogP) is 4.72. The molecule has 4 aromatic rings. The summed E-state index contributed by atoms with van der Waals surface area (Å²) in [4.78, 5) is 18.1. The summed E-state index contributed by atoms with van der Waals surface area (Å²) in [6.07, 6.45) is 4.35. The van der Waals surface area contributed by atoms with E-state index in [9.17, 15) is 4.79 Å². The van der Waals surface area contributed by atoms with Crippen LogP contribution in [0.5, 0.6) is 0 Å². The largest absolute Gasteiger partial charge is 0.335 e. The van der Waals surface area contributed by atoms with Crippen molar-refractivity contribution in [3.63, 3.8) is 0 Å². The number of carbonyl (C=O) groups excluding carboxylic acids is 1. The summed E-state index contributed by atoms with van der Waals surface area (Å²) in [6, 6.07) is 13.6. The topological polar surface area (TPSA) is 85.8 Å². The average molecular weight is 399 g/mol. The zero-order valence-electron chi connectivity index (χ0n) is 16.6. The molecule has 1 aromatic carbocycles. The van der Waals surface area contributed by atoms with Crippen molar-refractivity contribution in [3.8, 4) is 5.69 Å². The van der Waals surface area contributed by atoms with Crippen LogP contribution in [0.25, 0.3) is 16.8 Å². The summed E-state index contributed by atoms with van der Waals surface area (Å²) in [6.45, 7) is 1.91. The Hall–Kier alpha value is -3.48. The van der Waals surface area contributed by atoms with E-state index in [1.54, 1.807) is 4.68 Å². The summed E-state index contributed by atoms with van der Waals surface area (Å²) in [5, 5.41) is 12.6. The van der Waals surface area contributed by atoms with Crippen molar-refractivity contribution in [1.82, 2.24) is 19.9 Å². The lowest BCUT2D eigenvalue weighted by Gasteiger charge is -2.10. The van der Waals surface area contributed by atoms with Crippen molar-refractivity contribution in [2.45, 2.75) is 44.4 Å². The van der Waals surface area contributed by atoms with Gasteiger partial charge in [-0.15, -0.1) is 0 Å². The molecule has 2 saturated carbocycles. The van der Waals surface area contributed by atoms with Crippen LogP contribution in [-0.4, -0.2) is 25.8 Å². The third-order valence-electron chi connectivity index (χ3n) is 5.77. The zero-order chi connectivity index (χ0) is 20.2. The van der Waals surface area contributed by atoms with Gasteiger partial charge in [0.05, 0.1) is 28.0 Å². The van der Waals surface area contributed by atoms with Gasteiger partial charge in [0.1, 0.15) is 5.82 Å². The number of para-hydroxylation sites is 1. The number of nitrogens with zero attached hydrogens (tertiary/aromatic N) is 4. The lowest BCUT2D eigenvalue weighted by molar-refractivity contribution is 0.102. The average Bonchev–Trinajstić information content (AvgIpc) is 3.69. The molecule has 1 amide bonds. The second-order valence-electron chi connectivity index (χ2n) is 8.26. The molecule has 0 aliphatic heterocycles. The van der Waals surface area contributed by atoms with E-state index in [1.807, 2.05) is 49.4 Å². The van der Waals surface area contributed by atoms with Gasteiger partial charge in [-0.05, 0) is 50.8 Å². The third kappa shape index (κ3) is 2.98. The molecule has 2 fully saturated rings. The number of amides is 1. The molecule has 7 heteroatoms. The molecular formula is C23H21N5O2. The van der Waals surface area contributed by atoms with Crippen LogP contribution in [0.2, 0.25) is 0 Å². The van der Waals surface area contributed by atoms with Crippen LogP contribution in [0, 0.1) is 6.92 Å². The van der Waals surface area contributed by atoms with Crippen molar-refractivity contribution in [3.05, 3.63) is 65.1 Å². The van der Waals surface area contributed by atoms with Crippen molar-refractivity contribution < 1.29 is 9.32 Å². The highest BCUT2D eigenvalue weighted by Gasteiger charge is 2.34. The van der Waals surface area contributed by atoms with E-state index in [4.69, 9.17) is 4.52 Å². The van der Waals surface area contributed by atoms with Crippen LogP contribution in [-0.2, 0) is 0 Å². The molecule has 0 atom stereocenters. The molecule has 0 radical (unpaired) electrons. The minimum absolute atomic E-state index is 0.188. The van der Waals surface area contributed by atoms with Gasteiger partial charge in [-0.2, -0.15) is 5.10 Å². The standard InChI is InChI=1S/C23H21N5O2/c1-13-11-19(28(26-13)16-5-3-2-4-6-16)25-22(29)17-12-18(14-7-8-14)24-23-20(17)21(27-30-23)15-9-10-15/h2-6,11-12,14-15H,7-10H2,1H3,(H,25,29). The molecule has 30 heavy (non-hydrogen) atoms. The fraction of sp³-hybridized carbons (Fsp3) is 0.304. The Morgan fingerprint density at radius 3 is 2.60 bits per heavy atom. The Labute approximate surface area is 173 Å². The molecule has 0 saturated heterocycles. The van der Waals surface area contributed by atoms with Crippen molar-refractivity contribution >= 4 is 22.8 Å². The first kappa shape index (κ1) is 17.4. The minimum atomic E-state index is -0.188. The summed E-state index contributed by atoms with van der Waals surface area (Å²) in [7, 11) is 0. The Kier molecular flexibility index (Phi) is 3.78. The molecule has 3 aromatic heterocycles. The lowest BCUT2D eigenvalue weighted by Crippen LogP contribution is -2.16. The number of rotatable bonds is 5. The second kappa shape index (κ2) is 6.52. The number of carbonyl (C=O) groups is 1. The van der Waals surface area contributed by atoms with Gasteiger partial charge in [0.25, 0.3) is 11.6 Å². The number of benzene rings is 1. The van der Waals surface area contributed by atoms with Crippen molar-refractivity contribution in [2.75, 3.05) is 5.32 Å². The Bertz CT molecular complexity index is 1270. The maximum absolute atomic E-state index is 13.5.